The van der Waals surface area contributed by atoms with Crippen molar-refractivity contribution in [3.63, 3.8) is 0 Å². The van der Waals surface area contributed by atoms with Gasteiger partial charge in [0.2, 0.25) is 0 Å². The first kappa shape index (κ1) is 9.18. The van der Waals surface area contributed by atoms with Crippen LogP contribution in [0.4, 0.5) is 4.79 Å². The van der Waals surface area contributed by atoms with Crippen molar-refractivity contribution in [1.29, 1.82) is 0 Å². The maximum Gasteiger partial charge on any atom is 0.427 e. The van der Waals surface area contributed by atoms with E-state index in [-0.39, 0.29) is 0 Å². The molecule has 1 aromatic rings. The fraction of sp³-hybridized carbons (Fsp3) is 0.125. The zero-order valence-corrected chi connectivity index (χ0v) is 7.10. The standard InChI is InChI=1S/C8H9N3O2/c1-13-8(12)11-10-6-7-4-2-3-5-9-7/h2-6H,1H3,(H,11,12). The second-order valence-electron chi connectivity index (χ2n) is 2.12. The first-order chi connectivity index (χ1) is 6.33. The van der Waals surface area contributed by atoms with Gasteiger partial charge in [0.1, 0.15) is 0 Å². The maximum absolute atomic E-state index is 10.5. The largest absolute Gasteiger partial charge is 0.452 e. The summed E-state index contributed by atoms with van der Waals surface area (Å²) in [6.45, 7) is 0. The Morgan fingerprint density at radius 3 is 3.15 bits per heavy atom. The van der Waals surface area contributed by atoms with E-state index in [4.69, 9.17) is 0 Å². The predicted octanol–water partition coefficient (Wildman–Crippen LogP) is 0.772. The van der Waals surface area contributed by atoms with Crippen LogP contribution in [-0.4, -0.2) is 24.4 Å². The first-order valence-corrected chi connectivity index (χ1v) is 3.61. The van der Waals surface area contributed by atoms with E-state index in [0.717, 1.165) is 0 Å². The van der Waals surface area contributed by atoms with E-state index >= 15 is 0 Å². The minimum atomic E-state index is -0.604. The molecule has 0 aliphatic carbocycles. The second-order valence-corrected chi connectivity index (χ2v) is 2.12. The quantitative estimate of drug-likeness (QED) is 0.538. The molecule has 1 amide bonds. The van der Waals surface area contributed by atoms with E-state index in [9.17, 15) is 4.79 Å². The van der Waals surface area contributed by atoms with Crippen LogP contribution >= 0.6 is 0 Å². The van der Waals surface area contributed by atoms with Gasteiger partial charge >= 0.3 is 6.09 Å². The van der Waals surface area contributed by atoms with Crippen LogP contribution in [0.15, 0.2) is 29.5 Å². The highest BCUT2D eigenvalue weighted by Gasteiger charge is 1.92. The van der Waals surface area contributed by atoms with Crippen LogP contribution in [0.25, 0.3) is 0 Å². The average molecular weight is 179 g/mol. The van der Waals surface area contributed by atoms with Crippen LogP contribution in [0.2, 0.25) is 0 Å². The summed E-state index contributed by atoms with van der Waals surface area (Å²) in [6, 6.07) is 5.39. The molecule has 13 heavy (non-hydrogen) atoms. The Hall–Kier alpha value is -1.91. The summed E-state index contributed by atoms with van der Waals surface area (Å²) in [5.41, 5.74) is 2.81. The van der Waals surface area contributed by atoms with Crippen LogP contribution < -0.4 is 5.43 Å². The summed E-state index contributed by atoms with van der Waals surface area (Å²) in [5, 5.41) is 3.60. The molecule has 0 aliphatic rings. The highest BCUT2D eigenvalue weighted by molar-refractivity contribution is 5.78. The average Bonchev–Trinajstić information content (AvgIpc) is 2.19. The third-order valence-corrected chi connectivity index (χ3v) is 1.23. The molecule has 5 nitrogen and oxygen atoms in total. The van der Waals surface area contributed by atoms with E-state index in [1.807, 2.05) is 6.07 Å². The Balaban J connectivity index is 2.45. The monoisotopic (exact) mass is 179 g/mol. The summed E-state index contributed by atoms with van der Waals surface area (Å²) in [5.74, 6) is 0. The summed E-state index contributed by atoms with van der Waals surface area (Å²) >= 11 is 0. The minimum absolute atomic E-state index is 0.604. The van der Waals surface area contributed by atoms with Crippen molar-refractivity contribution < 1.29 is 9.53 Å². The molecule has 0 fully saturated rings. The van der Waals surface area contributed by atoms with Gasteiger partial charge in [-0.2, -0.15) is 5.10 Å². The van der Waals surface area contributed by atoms with Crippen molar-refractivity contribution in [3.8, 4) is 0 Å². The molecule has 0 aliphatic heterocycles. The van der Waals surface area contributed by atoms with Crippen LogP contribution in [0, 0.1) is 0 Å². The van der Waals surface area contributed by atoms with E-state index in [2.05, 4.69) is 20.2 Å². The Kier molecular flexibility index (Phi) is 3.44. The van der Waals surface area contributed by atoms with Gasteiger partial charge in [-0.05, 0) is 12.1 Å². The lowest BCUT2D eigenvalue weighted by molar-refractivity contribution is 0.171. The third kappa shape index (κ3) is 3.33. The number of methoxy groups -OCH3 is 1. The Morgan fingerprint density at radius 2 is 2.54 bits per heavy atom. The number of rotatable bonds is 2. The van der Waals surface area contributed by atoms with Gasteiger partial charge in [-0.25, -0.2) is 10.2 Å². The van der Waals surface area contributed by atoms with Crippen LogP contribution in [0.3, 0.4) is 0 Å². The van der Waals surface area contributed by atoms with Crippen LogP contribution in [-0.2, 0) is 4.74 Å². The molecule has 1 aromatic heterocycles. The van der Waals surface area contributed by atoms with Gasteiger partial charge in [-0.1, -0.05) is 6.07 Å². The highest BCUT2D eigenvalue weighted by atomic mass is 16.5. The summed E-state index contributed by atoms with van der Waals surface area (Å²) < 4.78 is 4.30. The fourth-order valence-electron chi connectivity index (χ4n) is 0.649. The fourth-order valence-corrected chi connectivity index (χ4v) is 0.649. The number of carbonyl (C=O) groups excluding carboxylic acids is 1. The molecule has 0 spiro atoms. The van der Waals surface area contributed by atoms with Gasteiger partial charge in [-0.15, -0.1) is 0 Å². The van der Waals surface area contributed by atoms with E-state index in [1.165, 1.54) is 13.3 Å². The number of hydrazone groups is 1. The molecular weight excluding hydrogens is 170 g/mol. The lowest BCUT2D eigenvalue weighted by atomic mass is 10.4. The number of pyridine rings is 1. The molecule has 1 rings (SSSR count). The highest BCUT2D eigenvalue weighted by Crippen LogP contribution is 1.87. The predicted molar refractivity (Wildman–Crippen MR) is 47.4 cm³/mol. The van der Waals surface area contributed by atoms with Crippen molar-refractivity contribution in [2.75, 3.05) is 7.11 Å². The number of carbonyl (C=O) groups is 1. The normalized spacial score (nSPS) is 9.92. The number of amides is 1. The number of nitrogens with zero attached hydrogens (tertiary/aromatic N) is 2. The molecular formula is C8H9N3O2. The number of nitrogens with one attached hydrogen (secondary N) is 1. The van der Waals surface area contributed by atoms with Gasteiger partial charge in [0.25, 0.3) is 0 Å². The molecule has 68 valence electrons. The molecule has 0 bridgehead atoms. The lowest BCUT2D eigenvalue weighted by Gasteiger charge is -1.94. The molecule has 1 heterocycles. The molecule has 0 aromatic carbocycles. The number of ether oxygens (including phenoxy) is 1. The van der Waals surface area contributed by atoms with Gasteiger partial charge in [0, 0.05) is 6.20 Å². The molecule has 1 N–H and O–H groups in total. The molecule has 0 saturated carbocycles. The molecule has 5 heteroatoms. The summed E-state index contributed by atoms with van der Waals surface area (Å²) in [4.78, 5) is 14.5. The van der Waals surface area contributed by atoms with Gasteiger partial charge < -0.3 is 4.74 Å². The van der Waals surface area contributed by atoms with E-state index in [0.29, 0.717) is 5.69 Å². The van der Waals surface area contributed by atoms with Gasteiger partial charge in [0.15, 0.2) is 0 Å². The van der Waals surface area contributed by atoms with Gasteiger partial charge in [0.05, 0.1) is 19.0 Å². The topological polar surface area (TPSA) is 63.6 Å². The van der Waals surface area contributed by atoms with Crippen LogP contribution in [0.5, 0.6) is 0 Å². The molecule has 0 radical (unpaired) electrons. The van der Waals surface area contributed by atoms with E-state index < -0.39 is 6.09 Å². The maximum atomic E-state index is 10.5. The van der Waals surface area contributed by atoms with Crippen molar-refractivity contribution in [1.82, 2.24) is 10.4 Å². The Morgan fingerprint density at radius 1 is 1.69 bits per heavy atom. The zero-order chi connectivity index (χ0) is 9.52. The summed E-state index contributed by atoms with van der Waals surface area (Å²) in [6.07, 6.45) is 2.46. The first-order valence-electron chi connectivity index (χ1n) is 3.61. The second kappa shape index (κ2) is 4.87. The Labute approximate surface area is 75.4 Å². The SMILES string of the molecule is COC(=O)NN=Cc1ccccn1. The zero-order valence-electron chi connectivity index (χ0n) is 7.10. The van der Waals surface area contributed by atoms with Gasteiger partial charge in [-0.3, -0.25) is 4.98 Å². The number of hydrogen-bond donors (Lipinski definition) is 1. The van der Waals surface area contributed by atoms with Crippen molar-refractivity contribution in [3.05, 3.63) is 30.1 Å². The van der Waals surface area contributed by atoms with Crippen LogP contribution in [0.1, 0.15) is 5.69 Å². The number of aromatic nitrogens is 1. The molecule has 0 unspecified atom stereocenters. The van der Waals surface area contributed by atoms with Crippen molar-refractivity contribution in [2.45, 2.75) is 0 Å². The molecule has 0 saturated heterocycles. The minimum Gasteiger partial charge on any atom is -0.452 e. The number of hydrogen-bond acceptors (Lipinski definition) is 4. The smallest absolute Gasteiger partial charge is 0.427 e. The van der Waals surface area contributed by atoms with Crippen molar-refractivity contribution >= 4 is 12.3 Å². The summed E-state index contributed by atoms with van der Waals surface area (Å²) in [7, 11) is 1.27. The molecule has 0 atom stereocenters. The van der Waals surface area contributed by atoms with Crippen molar-refractivity contribution in [2.24, 2.45) is 5.10 Å². The third-order valence-electron chi connectivity index (χ3n) is 1.23. The lowest BCUT2D eigenvalue weighted by Crippen LogP contribution is -2.16. The Bertz CT molecular complexity index is 298. The van der Waals surface area contributed by atoms with E-state index in [1.54, 1.807) is 18.3 Å².